The van der Waals surface area contributed by atoms with Crippen LogP contribution < -0.4 is 31.9 Å². The maximum atomic E-state index is 15.3. The van der Waals surface area contributed by atoms with Gasteiger partial charge in [-0.25, -0.2) is 0 Å². The van der Waals surface area contributed by atoms with Gasteiger partial charge in [0, 0.05) is 44.9 Å². The van der Waals surface area contributed by atoms with Crippen LogP contribution in [0.4, 0.5) is 0 Å². The van der Waals surface area contributed by atoms with E-state index in [9.17, 15) is 24.0 Å². The number of rotatable bonds is 16. The zero-order valence-electron chi connectivity index (χ0n) is 45.7. The Hall–Kier alpha value is -6.17. The second kappa shape index (κ2) is 24.2. The van der Waals surface area contributed by atoms with Crippen LogP contribution in [-0.2, 0) is 64.1 Å². The molecular weight excluding hydrogens is 951 g/mol. The molecule has 3 heterocycles. The monoisotopic (exact) mass is 1030 g/mol. The zero-order valence-corrected chi connectivity index (χ0v) is 45.7. The number of amides is 7. The Kier molecular flexibility index (Phi) is 18.3. The fourth-order valence-corrected chi connectivity index (χ4v) is 10.8. The second-order valence-corrected chi connectivity index (χ2v) is 23.1. The van der Waals surface area contributed by atoms with Crippen molar-refractivity contribution in [1.82, 2.24) is 46.6 Å². The molecule has 0 radical (unpaired) electrons. The lowest BCUT2D eigenvalue weighted by Gasteiger charge is -2.42. The van der Waals surface area contributed by atoms with Crippen LogP contribution in [0.2, 0.25) is 0 Å². The summed E-state index contributed by atoms with van der Waals surface area (Å²) in [4.78, 5) is 106. The van der Waals surface area contributed by atoms with E-state index in [4.69, 9.17) is 4.74 Å². The molecule has 3 aliphatic heterocycles. The van der Waals surface area contributed by atoms with Gasteiger partial charge in [0.15, 0.2) is 0 Å². The van der Waals surface area contributed by atoms with Gasteiger partial charge in [-0.05, 0) is 97.8 Å². The number of carbonyl (C=O) groups is 7. The van der Waals surface area contributed by atoms with Gasteiger partial charge in [0.05, 0.1) is 31.3 Å². The average molecular weight is 1030 g/mol. The van der Waals surface area contributed by atoms with Crippen LogP contribution in [0.1, 0.15) is 120 Å². The van der Waals surface area contributed by atoms with Gasteiger partial charge < -0.3 is 51.3 Å². The number of hydrogen-bond acceptors (Lipinski definition) is 10. The number of morpholine rings is 1. The number of carbonyl (C=O) groups excluding carboxylic acids is 7. The van der Waals surface area contributed by atoms with E-state index in [1.807, 2.05) is 102 Å². The molecule has 17 heteroatoms. The van der Waals surface area contributed by atoms with Crippen molar-refractivity contribution in [3.63, 3.8) is 0 Å². The van der Waals surface area contributed by atoms with E-state index in [2.05, 4.69) is 44.0 Å². The Morgan fingerprint density at radius 3 is 1.88 bits per heavy atom. The Labute approximate surface area is 443 Å². The summed E-state index contributed by atoms with van der Waals surface area (Å²) in [6.45, 7) is 16.5. The van der Waals surface area contributed by atoms with Gasteiger partial charge in [0.1, 0.15) is 30.2 Å². The number of ether oxygens (including phenoxy) is 1. The van der Waals surface area contributed by atoms with Crippen LogP contribution in [0.25, 0.3) is 0 Å². The van der Waals surface area contributed by atoms with Gasteiger partial charge in [-0.3, -0.25) is 33.6 Å². The predicted octanol–water partition coefficient (Wildman–Crippen LogP) is 3.68. The molecule has 0 aromatic heterocycles. The molecule has 406 valence electrons. The highest BCUT2D eigenvalue weighted by Gasteiger charge is 2.47. The van der Waals surface area contributed by atoms with E-state index >= 15 is 9.59 Å². The van der Waals surface area contributed by atoms with Crippen LogP contribution in [0, 0.1) is 10.8 Å². The number of likely N-dealkylation sites (N-methyl/N-ethyl adjacent to an activating group) is 2. The summed E-state index contributed by atoms with van der Waals surface area (Å²) in [5, 5.41) is 18.3. The highest BCUT2D eigenvalue weighted by Crippen LogP contribution is 2.38. The first-order valence-corrected chi connectivity index (χ1v) is 26.9. The Balaban J connectivity index is 1.23. The van der Waals surface area contributed by atoms with Crippen LogP contribution in [0.3, 0.4) is 0 Å². The highest BCUT2D eigenvalue weighted by atomic mass is 16.5. The van der Waals surface area contributed by atoms with Gasteiger partial charge in [0.25, 0.3) is 0 Å². The zero-order chi connectivity index (χ0) is 54.4. The summed E-state index contributed by atoms with van der Waals surface area (Å²) in [5.41, 5.74) is 4.10. The van der Waals surface area contributed by atoms with Crippen LogP contribution >= 0.6 is 0 Å². The maximum Gasteiger partial charge on any atom is 0.246 e. The molecule has 75 heavy (non-hydrogen) atoms. The second-order valence-electron chi connectivity index (χ2n) is 23.1. The molecule has 9 atom stereocenters. The van der Waals surface area contributed by atoms with Crippen molar-refractivity contribution in [2.24, 2.45) is 10.8 Å². The fourth-order valence-electron chi connectivity index (χ4n) is 10.8. The number of benzene rings is 3. The van der Waals surface area contributed by atoms with Gasteiger partial charge in [-0.1, -0.05) is 114 Å². The molecule has 17 nitrogen and oxygen atoms in total. The molecule has 1 aliphatic carbocycles. The van der Waals surface area contributed by atoms with Gasteiger partial charge in [-0.2, -0.15) is 0 Å². The summed E-state index contributed by atoms with van der Waals surface area (Å²) >= 11 is 0. The Morgan fingerprint density at radius 2 is 1.27 bits per heavy atom. The van der Waals surface area contributed by atoms with E-state index in [1.165, 1.54) is 10.5 Å². The summed E-state index contributed by atoms with van der Waals surface area (Å²) in [6.07, 6.45) is 3.26. The molecule has 4 aliphatic rings. The third kappa shape index (κ3) is 13.5. The standard InChI is InChI=1S/C58H81N9O8/c1-35(59-9)50(68)63-48(57(3,4)5)55(73)66-33-41-30-39(23-24-40(41)31-46(66)53(71)62-45(29-37-17-12-11-13-18-37)54(72)65-25-27-75-28-26-65)42-32-47(52(70)61-44-22-16-20-38-19-14-15-21-43(38)44)67(34-42)56(74)49(58(6,7)8)64-51(69)36(2)60-10/h11-15,17-19,21,23-24,30,35-36,42,44-49,59-60H,16,20,22,25-29,31-34H2,1-10H3,(H,61,70)(H,62,71)(H,63,68)(H,64,69)/t35-,36-,42-,44+,45-,46-,47-,48+,49+/m0/s1. The lowest BCUT2D eigenvalue weighted by molar-refractivity contribution is -0.148. The van der Waals surface area contributed by atoms with Gasteiger partial charge in [-0.15, -0.1) is 0 Å². The molecule has 0 bridgehead atoms. The Bertz CT molecular complexity index is 2550. The van der Waals surface area contributed by atoms with Crippen molar-refractivity contribution in [2.45, 2.75) is 155 Å². The SMILES string of the molecule is CN[C@@H](C)C(=O)N[C@H](C(=O)N1Cc2cc([C@H]3C[C@@H](C(=O)N[C@@H]4CCCc5ccccc54)N(C(=O)[C@@H](NC(=O)[C@H](C)NC)C(C)(C)C)C3)ccc2C[C@H]1C(=O)N[C@@H](Cc1ccccc1)C(=O)N1CCOCC1)C(C)(C)C. The van der Waals surface area contributed by atoms with Crippen molar-refractivity contribution < 1.29 is 38.3 Å². The summed E-state index contributed by atoms with van der Waals surface area (Å²) in [5.74, 6) is -2.82. The maximum absolute atomic E-state index is 15.3. The quantitative estimate of drug-likeness (QED) is 0.123. The third-order valence-corrected chi connectivity index (χ3v) is 15.7. The summed E-state index contributed by atoms with van der Waals surface area (Å²) in [6, 6.07) is 17.4. The first-order valence-electron chi connectivity index (χ1n) is 26.9. The first-order chi connectivity index (χ1) is 35.6. The number of hydrogen-bond donors (Lipinski definition) is 6. The third-order valence-electron chi connectivity index (χ3n) is 15.7. The van der Waals surface area contributed by atoms with Crippen LogP contribution in [0.5, 0.6) is 0 Å². The van der Waals surface area contributed by atoms with Gasteiger partial charge >= 0.3 is 0 Å². The van der Waals surface area contributed by atoms with E-state index in [1.54, 1.807) is 37.7 Å². The number of nitrogens with zero attached hydrogens (tertiary/aromatic N) is 3. The molecule has 6 N–H and O–H groups in total. The largest absolute Gasteiger partial charge is 0.378 e. The predicted molar refractivity (Wildman–Crippen MR) is 287 cm³/mol. The summed E-state index contributed by atoms with van der Waals surface area (Å²) < 4.78 is 5.54. The van der Waals surface area contributed by atoms with Crippen LogP contribution in [0.15, 0.2) is 72.8 Å². The first kappa shape index (κ1) is 56.6. The molecule has 3 aromatic carbocycles. The number of fused-ring (bicyclic) bond motifs is 2. The van der Waals surface area contributed by atoms with E-state index in [0.717, 1.165) is 47.1 Å². The summed E-state index contributed by atoms with van der Waals surface area (Å²) in [7, 11) is 3.35. The smallest absolute Gasteiger partial charge is 0.246 e. The lowest BCUT2D eigenvalue weighted by atomic mass is 9.83. The van der Waals surface area contributed by atoms with E-state index in [-0.39, 0.29) is 67.4 Å². The van der Waals surface area contributed by atoms with Crippen LogP contribution in [-0.4, -0.2) is 145 Å². The molecule has 2 fully saturated rings. The number of likely N-dealkylation sites (tertiary alicyclic amines) is 1. The molecule has 7 rings (SSSR count). The molecule has 0 spiro atoms. The van der Waals surface area contributed by atoms with Gasteiger partial charge in [0.2, 0.25) is 41.4 Å². The van der Waals surface area contributed by atoms with E-state index < -0.39 is 64.9 Å². The molecule has 0 saturated carbocycles. The number of nitrogens with one attached hydrogen (secondary N) is 6. The number of aryl methyl sites for hydroxylation is 1. The van der Waals surface area contributed by atoms with Crippen molar-refractivity contribution in [3.05, 3.63) is 106 Å². The van der Waals surface area contributed by atoms with E-state index in [0.29, 0.717) is 32.7 Å². The topological polar surface area (TPSA) is 211 Å². The molecular formula is C58H81N9O8. The fraction of sp³-hybridized carbons (Fsp3) is 0.569. The average Bonchev–Trinajstić information content (AvgIpc) is 3.86. The molecule has 3 aromatic rings. The normalized spacial score (nSPS) is 21.8. The van der Waals surface area contributed by atoms with Crippen molar-refractivity contribution in [1.29, 1.82) is 0 Å². The van der Waals surface area contributed by atoms with Crippen molar-refractivity contribution in [2.75, 3.05) is 46.9 Å². The molecule has 2 saturated heterocycles. The molecule has 0 unspecified atom stereocenters. The highest BCUT2D eigenvalue weighted by molar-refractivity contribution is 5.96. The molecule has 7 amide bonds. The van der Waals surface area contributed by atoms with Crippen molar-refractivity contribution >= 4 is 41.4 Å². The van der Waals surface area contributed by atoms with Crippen molar-refractivity contribution in [3.8, 4) is 0 Å². The Morgan fingerprint density at radius 1 is 0.667 bits per heavy atom. The minimum absolute atomic E-state index is 0.00698. The lowest BCUT2D eigenvalue weighted by Crippen LogP contribution is -2.63. The minimum atomic E-state index is -1.05. The minimum Gasteiger partial charge on any atom is -0.378 e.